The molecule has 1 aromatic rings. The van der Waals surface area contributed by atoms with Crippen LogP contribution >= 0.6 is 0 Å². The lowest BCUT2D eigenvalue weighted by molar-refractivity contribution is -0.123. The van der Waals surface area contributed by atoms with E-state index < -0.39 is 10.0 Å². The van der Waals surface area contributed by atoms with Crippen LogP contribution in [0.15, 0.2) is 23.1 Å². The summed E-state index contributed by atoms with van der Waals surface area (Å²) in [5.41, 5.74) is -0.286. The zero-order chi connectivity index (χ0) is 20.9. The Labute approximate surface area is 167 Å². The highest BCUT2D eigenvalue weighted by Gasteiger charge is 2.28. The van der Waals surface area contributed by atoms with Gasteiger partial charge in [-0.05, 0) is 45.9 Å². The number of carbonyl (C=O) groups excluding carboxylic acids is 1. The second-order valence-corrected chi connectivity index (χ2v) is 9.79. The molecule has 0 atom stereocenters. The molecule has 0 bridgehead atoms. The van der Waals surface area contributed by atoms with Crippen LogP contribution in [0.1, 0.15) is 27.2 Å². The number of hydrogen-bond acceptors (Lipinski definition) is 6. The Morgan fingerprint density at radius 1 is 1.07 bits per heavy atom. The van der Waals surface area contributed by atoms with Gasteiger partial charge in [-0.15, -0.1) is 0 Å². The van der Waals surface area contributed by atoms with Gasteiger partial charge >= 0.3 is 0 Å². The van der Waals surface area contributed by atoms with E-state index >= 15 is 0 Å². The number of nitrogens with one attached hydrogen (secondary N) is 1. The highest BCUT2D eigenvalue weighted by molar-refractivity contribution is 7.89. The Morgan fingerprint density at radius 3 is 2.36 bits per heavy atom. The van der Waals surface area contributed by atoms with E-state index in [1.165, 1.54) is 30.7 Å². The van der Waals surface area contributed by atoms with Crippen LogP contribution in [0, 0.1) is 0 Å². The summed E-state index contributed by atoms with van der Waals surface area (Å²) >= 11 is 0. The molecule has 1 aliphatic heterocycles. The van der Waals surface area contributed by atoms with Crippen molar-refractivity contribution in [1.82, 2.24) is 14.5 Å². The SMILES string of the molecule is COc1ccc(S(=O)(=O)N2CCCN(CC(=O)NC(C)(C)C)CC2)cc1OC. The maximum Gasteiger partial charge on any atom is 0.243 e. The summed E-state index contributed by atoms with van der Waals surface area (Å²) < 4.78 is 38.0. The van der Waals surface area contributed by atoms with Gasteiger partial charge < -0.3 is 14.8 Å². The van der Waals surface area contributed by atoms with Gasteiger partial charge in [0, 0.05) is 31.2 Å². The molecule has 1 aromatic carbocycles. The molecule has 2 rings (SSSR count). The van der Waals surface area contributed by atoms with E-state index in [2.05, 4.69) is 5.32 Å². The molecule has 0 aliphatic carbocycles. The molecule has 0 unspecified atom stereocenters. The quantitative estimate of drug-likeness (QED) is 0.757. The lowest BCUT2D eigenvalue weighted by Gasteiger charge is -2.25. The summed E-state index contributed by atoms with van der Waals surface area (Å²) in [5, 5.41) is 2.94. The van der Waals surface area contributed by atoms with E-state index in [0.717, 1.165) is 0 Å². The normalized spacial score (nSPS) is 17.0. The van der Waals surface area contributed by atoms with Crippen LogP contribution in [0.25, 0.3) is 0 Å². The van der Waals surface area contributed by atoms with Gasteiger partial charge in [0.05, 0.1) is 25.7 Å². The monoisotopic (exact) mass is 413 g/mol. The highest BCUT2D eigenvalue weighted by atomic mass is 32.2. The van der Waals surface area contributed by atoms with Crippen LogP contribution in [0.5, 0.6) is 11.5 Å². The third kappa shape index (κ3) is 5.83. The van der Waals surface area contributed by atoms with E-state index in [0.29, 0.717) is 44.1 Å². The molecule has 158 valence electrons. The third-order valence-electron chi connectivity index (χ3n) is 4.42. The molecule has 0 radical (unpaired) electrons. The Morgan fingerprint density at radius 2 is 1.75 bits per heavy atom. The second-order valence-electron chi connectivity index (χ2n) is 7.85. The molecular formula is C19H31N3O5S. The molecule has 1 fully saturated rings. The topological polar surface area (TPSA) is 88.2 Å². The van der Waals surface area contributed by atoms with Crippen molar-refractivity contribution in [2.45, 2.75) is 37.6 Å². The molecule has 1 amide bonds. The number of hydrogen-bond donors (Lipinski definition) is 1. The zero-order valence-corrected chi connectivity index (χ0v) is 18.1. The van der Waals surface area contributed by atoms with Gasteiger partial charge in [0.2, 0.25) is 15.9 Å². The van der Waals surface area contributed by atoms with Gasteiger partial charge in [-0.3, -0.25) is 9.69 Å². The number of sulfonamides is 1. The van der Waals surface area contributed by atoms with Crippen LogP contribution in [-0.4, -0.2) is 76.0 Å². The standard InChI is InChI=1S/C19H31N3O5S/c1-19(2,3)20-18(23)14-21-9-6-10-22(12-11-21)28(24,25)15-7-8-16(26-4)17(13-15)27-5/h7-8,13H,6,9-12,14H2,1-5H3,(H,20,23). The van der Waals surface area contributed by atoms with Crippen molar-refractivity contribution in [3.8, 4) is 11.5 Å². The van der Waals surface area contributed by atoms with Crippen molar-refractivity contribution in [1.29, 1.82) is 0 Å². The first-order valence-corrected chi connectivity index (χ1v) is 10.8. The van der Waals surface area contributed by atoms with Crippen LogP contribution in [0.3, 0.4) is 0 Å². The summed E-state index contributed by atoms with van der Waals surface area (Å²) in [7, 11) is -0.675. The number of ether oxygens (including phenoxy) is 2. The summed E-state index contributed by atoms with van der Waals surface area (Å²) in [4.78, 5) is 14.3. The van der Waals surface area contributed by atoms with Gasteiger partial charge in [0.1, 0.15) is 0 Å². The molecule has 1 N–H and O–H groups in total. The molecule has 1 aliphatic rings. The van der Waals surface area contributed by atoms with Crippen LogP contribution < -0.4 is 14.8 Å². The summed E-state index contributed by atoms with van der Waals surface area (Å²) in [5.74, 6) is 0.802. The van der Waals surface area contributed by atoms with Crippen molar-refractivity contribution < 1.29 is 22.7 Å². The third-order valence-corrected chi connectivity index (χ3v) is 6.32. The summed E-state index contributed by atoms with van der Waals surface area (Å²) in [6.45, 7) is 7.99. The lowest BCUT2D eigenvalue weighted by Crippen LogP contribution is -2.46. The van der Waals surface area contributed by atoms with Crippen LogP contribution in [0.4, 0.5) is 0 Å². The van der Waals surface area contributed by atoms with E-state index in [1.807, 2.05) is 25.7 Å². The fourth-order valence-electron chi connectivity index (χ4n) is 3.13. The predicted molar refractivity (Wildman–Crippen MR) is 107 cm³/mol. The predicted octanol–water partition coefficient (Wildman–Crippen LogP) is 1.31. The Hall–Kier alpha value is -1.84. The Kier molecular flexibility index (Phi) is 7.30. The average Bonchev–Trinajstić information content (AvgIpc) is 2.85. The molecule has 0 aromatic heterocycles. The molecule has 1 saturated heterocycles. The minimum absolute atomic E-state index is 0.0521. The Balaban J connectivity index is 2.07. The van der Waals surface area contributed by atoms with Gasteiger partial charge in [0.15, 0.2) is 11.5 Å². The number of nitrogens with zero attached hydrogens (tertiary/aromatic N) is 2. The van der Waals surface area contributed by atoms with Crippen LogP contribution in [0.2, 0.25) is 0 Å². The highest BCUT2D eigenvalue weighted by Crippen LogP contribution is 2.30. The molecular weight excluding hydrogens is 382 g/mol. The number of rotatable bonds is 6. The number of carbonyl (C=O) groups is 1. The first kappa shape index (κ1) is 22.4. The molecule has 1 heterocycles. The minimum Gasteiger partial charge on any atom is -0.493 e. The number of benzene rings is 1. The molecule has 9 heteroatoms. The minimum atomic E-state index is -3.65. The first-order valence-electron chi connectivity index (χ1n) is 9.32. The van der Waals surface area contributed by atoms with E-state index in [-0.39, 0.29) is 22.9 Å². The second kappa shape index (κ2) is 9.11. The van der Waals surface area contributed by atoms with E-state index in [4.69, 9.17) is 9.47 Å². The summed E-state index contributed by atoms with van der Waals surface area (Å²) in [6, 6.07) is 4.59. The number of amides is 1. The van der Waals surface area contributed by atoms with Crippen LogP contribution in [-0.2, 0) is 14.8 Å². The average molecular weight is 414 g/mol. The zero-order valence-electron chi connectivity index (χ0n) is 17.3. The fraction of sp³-hybridized carbons (Fsp3) is 0.632. The van der Waals surface area contributed by atoms with Gasteiger partial charge in [-0.25, -0.2) is 8.42 Å². The van der Waals surface area contributed by atoms with Gasteiger partial charge in [0.25, 0.3) is 0 Å². The number of methoxy groups -OCH3 is 2. The molecule has 28 heavy (non-hydrogen) atoms. The van der Waals surface area contributed by atoms with E-state index in [1.54, 1.807) is 6.07 Å². The largest absolute Gasteiger partial charge is 0.493 e. The molecule has 8 nitrogen and oxygen atoms in total. The first-order chi connectivity index (χ1) is 13.1. The van der Waals surface area contributed by atoms with Crippen molar-refractivity contribution in [2.75, 3.05) is 46.9 Å². The fourth-order valence-corrected chi connectivity index (χ4v) is 4.62. The van der Waals surface area contributed by atoms with E-state index in [9.17, 15) is 13.2 Å². The van der Waals surface area contributed by atoms with Gasteiger partial charge in [-0.1, -0.05) is 0 Å². The maximum atomic E-state index is 13.1. The molecule has 0 spiro atoms. The lowest BCUT2D eigenvalue weighted by atomic mass is 10.1. The van der Waals surface area contributed by atoms with Gasteiger partial charge in [-0.2, -0.15) is 4.31 Å². The molecule has 0 saturated carbocycles. The van der Waals surface area contributed by atoms with Crippen molar-refractivity contribution in [3.63, 3.8) is 0 Å². The summed E-state index contributed by atoms with van der Waals surface area (Å²) in [6.07, 6.45) is 0.662. The van der Waals surface area contributed by atoms with Crippen molar-refractivity contribution in [2.24, 2.45) is 0 Å². The Bertz CT molecular complexity index is 789. The maximum absolute atomic E-state index is 13.1. The smallest absolute Gasteiger partial charge is 0.243 e. The van der Waals surface area contributed by atoms with Crippen molar-refractivity contribution >= 4 is 15.9 Å². The van der Waals surface area contributed by atoms with Crippen molar-refractivity contribution in [3.05, 3.63) is 18.2 Å².